The molecule has 24 heavy (non-hydrogen) atoms. The minimum absolute atomic E-state index is 0.0836. The van der Waals surface area contributed by atoms with E-state index in [1.165, 1.54) is 0 Å². The quantitative estimate of drug-likeness (QED) is 0.487. The van der Waals surface area contributed by atoms with Gasteiger partial charge in [0.2, 0.25) is 0 Å². The molecule has 5 nitrogen and oxygen atoms in total. The molecule has 0 amide bonds. The minimum Gasteiger partial charge on any atom is -0.461 e. The van der Waals surface area contributed by atoms with E-state index in [4.69, 9.17) is 9.47 Å². The number of carbonyl (C=O) groups excluding carboxylic acids is 2. The lowest BCUT2D eigenvalue weighted by Crippen LogP contribution is -2.44. The third kappa shape index (κ3) is 9.30. The van der Waals surface area contributed by atoms with Gasteiger partial charge in [0.1, 0.15) is 13.2 Å². The topological polar surface area (TPSA) is 52.6 Å². The van der Waals surface area contributed by atoms with Crippen LogP contribution in [0.4, 0.5) is 0 Å². The molecular formula is C19H30NO4+. The summed E-state index contributed by atoms with van der Waals surface area (Å²) in [5.74, 6) is -0.591. The van der Waals surface area contributed by atoms with Crippen LogP contribution in [0.15, 0.2) is 30.3 Å². The van der Waals surface area contributed by atoms with Crippen LogP contribution >= 0.6 is 0 Å². The van der Waals surface area contributed by atoms with Gasteiger partial charge in [0, 0.05) is 6.42 Å². The lowest BCUT2D eigenvalue weighted by Gasteiger charge is -2.28. The van der Waals surface area contributed by atoms with E-state index in [0.29, 0.717) is 17.4 Å². The predicted molar refractivity (Wildman–Crippen MR) is 93.2 cm³/mol. The van der Waals surface area contributed by atoms with Crippen molar-refractivity contribution in [1.82, 2.24) is 0 Å². The zero-order valence-electron chi connectivity index (χ0n) is 15.3. The van der Waals surface area contributed by atoms with Gasteiger partial charge < -0.3 is 14.0 Å². The highest BCUT2D eigenvalue weighted by Crippen LogP contribution is 2.10. The lowest BCUT2D eigenvalue weighted by molar-refractivity contribution is -0.873. The molecule has 0 radical (unpaired) electrons. The monoisotopic (exact) mass is 336 g/mol. The summed E-state index contributed by atoms with van der Waals surface area (Å²) in [4.78, 5) is 24.0. The fraction of sp³-hybridized carbons (Fsp3) is 0.579. The van der Waals surface area contributed by atoms with Gasteiger partial charge in [-0.05, 0) is 12.0 Å². The third-order valence-corrected chi connectivity index (χ3v) is 3.42. The molecule has 0 aromatic heterocycles. The summed E-state index contributed by atoms with van der Waals surface area (Å²) < 4.78 is 11.4. The number of nitrogens with zero attached hydrogens (tertiary/aromatic N) is 1. The van der Waals surface area contributed by atoms with Crippen LogP contribution in [0.25, 0.3) is 0 Å². The zero-order chi connectivity index (χ0) is 18.0. The molecular weight excluding hydrogens is 306 g/mol. The fourth-order valence-electron chi connectivity index (χ4n) is 2.30. The van der Waals surface area contributed by atoms with Gasteiger partial charge in [0.25, 0.3) is 0 Å². The second-order valence-corrected chi connectivity index (χ2v) is 7.04. The smallest absolute Gasteiger partial charge is 0.310 e. The van der Waals surface area contributed by atoms with Crippen molar-refractivity contribution in [3.63, 3.8) is 0 Å². The summed E-state index contributed by atoms with van der Waals surface area (Å²) in [7, 11) is 6.01. The van der Waals surface area contributed by atoms with Crippen LogP contribution in [-0.2, 0) is 25.7 Å². The summed E-state index contributed by atoms with van der Waals surface area (Å²) in [6.07, 6.45) is 1.75. The van der Waals surface area contributed by atoms with Crippen molar-refractivity contribution in [2.24, 2.45) is 0 Å². The van der Waals surface area contributed by atoms with Crippen LogP contribution in [0.3, 0.4) is 0 Å². The Kier molecular flexibility index (Phi) is 8.47. The maximum Gasteiger partial charge on any atom is 0.310 e. The molecule has 0 N–H and O–H groups in total. The van der Waals surface area contributed by atoms with Gasteiger partial charge in [0.15, 0.2) is 6.10 Å². The molecule has 134 valence electrons. The summed E-state index contributed by atoms with van der Waals surface area (Å²) in [5, 5.41) is 0. The molecule has 0 aliphatic rings. The maximum atomic E-state index is 12.1. The Morgan fingerprint density at radius 1 is 1.08 bits per heavy atom. The number of unbranched alkanes of at least 4 members (excludes halogenated alkanes) is 1. The minimum atomic E-state index is -0.461. The normalized spacial score (nSPS) is 12.5. The average Bonchev–Trinajstić information content (AvgIpc) is 2.50. The van der Waals surface area contributed by atoms with E-state index in [1.54, 1.807) is 0 Å². The van der Waals surface area contributed by atoms with Crippen LogP contribution in [0.5, 0.6) is 0 Å². The molecule has 1 aromatic rings. The molecule has 0 aliphatic heterocycles. The van der Waals surface area contributed by atoms with E-state index < -0.39 is 6.10 Å². The Bertz CT molecular complexity index is 508. The number of rotatable bonds is 10. The Balaban J connectivity index is 2.52. The predicted octanol–water partition coefficient (Wildman–Crippen LogP) is 2.93. The van der Waals surface area contributed by atoms with E-state index >= 15 is 0 Å². The largest absolute Gasteiger partial charge is 0.461 e. The highest BCUT2D eigenvalue weighted by Gasteiger charge is 2.25. The molecule has 0 spiro atoms. The number of carbonyl (C=O) groups is 2. The Hall–Kier alpha value is -1.88. The number of hydrogen-bond acceptors (Lipinski definition) is 4. The summed E-state index contributed by atoms with van der Waals surface area (Å²) in [6.45, 7) is 2.83. The molecule has 0 fully saturated rings. The van der Waals surface area contributed by atoms with Crippen molar-refractivity contribution in [3.8, 4) is 0 Å². The number of benzene rings is 1. The van der Waals surface area contributed by atoms with Gasteiger partial charge in [-0.15, -0.1) is 0 Å². The van der Waals surface area contributed by atoms with Gasteiger partial charge in [-0.1, -0.05) is 43.7 Å². The van der Waals surface area contributed by atoms with Crippen LogP contribution in [0.1, 0.15) is 38.2 Å². The van der Waals surface area contributed by atoms with Crippen LogP contribution in [-0.4, -0.2) is 50.2 Å². The standard InChI is InChI=1S/C19H30NO4/c1-5-6-12-18(21)24-17(14-20(2,3)4)13-19(22)23-15-16-10-8-7-9-11-16/h7-11,17H,5-6,12-15H2,1-4H3/q+1/t17-/m1/s1. The zero-order valence-corrected chi connectivity index (χ0v) is 15.3. The first-order chi connectivity index (χ1) is 11.3. The number of hydrogen-bond donors (Lipinski definition) is 0. The van der Waals surface area contributed by atoms with Crippen molar-refractivity contribution in [3.05, 3.63) is 35.9 Å². The lowest BCUT2D eigenvalue weighted by atomic mass is 10.2. The van der Waals surface area contributed by atoms with E-state index in [1.807, 2.05) is 58.4 Å². The molecule has 5 heteroatoms. The van der Waals surface area contributed by atoms with E-state index in [9.17, 15) is 9.59 Å². The van der Waals surface area contributed by atoms with Crippen molar-refractivity contribution in [1.29, 1.82) is 0 Å². The number of likely N-dealkylation sites (N-methyl/N-ethyl adjacent to an activating group) is 1. The second kappa shape index (κ2) is 10.1. The maximum absolute atomic E-state index is 12.1. The number of quaternary nitrogens is 1. The van der Waals surface area contributed by atoms with E-state index in [0.717, 1.165) is 18.4 Å². The summed E-state index contributed by atoms with van der Waals surface area (Å²) in [6, 6.07) is 9.53. The Morgan fingerprint density at radius 3 is 2.33 bits per heavy atom. The van der Waals surface area contributed by atoms with Crippen LogP contribution < -0.4 is 0 Å². The first kappa shape index (κ1) is 20.2. The molecule has 0 saturated carbocycles. The van der Waals surface area contributed by atoms with Crippen LogP contribution in [0.2, 0.25) is 0 Å². The first-order valence-corrected chi connectivity index (χ1v) is 8.49. The third-order valence-electron chi connectivity index (χ3n) is 3.42. The molecule has 0 saturated heterocycles. The molecule has 1 atom stereocenters. The van der Waals surface area contributed by atoms with Crippen molar-refractivity contribution in [2.75, 3.05) is 27.7 Å². The van der Waals surface area contributed by atoms with Gasteiger partial charge in [-0.2, -0.15) is 0 Å². The Labute approximate surface area is 145 Å². The summed E-state index contributed by atoms with van der Waals surface area (Å²) >= 11 is 0. The number of ether oxygens (including phenoxy) is 2. The molecule has 0 unspecified atom stereocenters. The molecule has 0 aliphatic carbocycles. The summed E-state index contributed by atoms with van der Waals surface area (Å²) in [5.41, 5.74) is 0.939. The van der Waals surface area contributed by atoms with Crippen LogP contribution in [0, 0.1) is 0 Å². The highest BCUT2D eigenvalue weighted by atomic mass is 16.6. The fourth-order valence-corrected chi connectivity index (χ4v) is 2.30. The highest BCUT2D eigenvalue weighted by molar-refractivity contribution is 5.72. The van der Waals surface area contributed by atoms with Gasteiger partial charge in [-0.3, -0.25) is 9.59 Å². The SMILES string of the molecule is CCCCC(=O)O[C@H](CC(=O)OCc1ccccc1)C[N+](C)(C)C. The second-order valence-electron chi connectivity index (χ2n) is 7.04. The first-order valence-electron chi connectivity index (χ1n) is 8.49. The molecule has 1 aromatic carbocycles. The molecule has 0 bridgehead atoms. The van der Waals surface area contributed by atoms with Crippen molar-refractivity contribution in [2.45, 2.75) is 45.3 Å². The van der Waals surface area contributed by atoms with Gasteiger partial charge >= 0.3 is 11.9 Å². The van der Waals surface area contributed by atoms with E-state index in [-0.39, 0.29) is 25.0 Å². The average molecular weight is 336 g/mol. The molecule has 0 heterocycles. The van der Waals surface area contributed by atoms with Crippen molar-refractivity contribution >= 4 is 11.9 Å². The van der Waals surface area contributed by atoms with Gasteiger partial charge in [-0.25, -0.2) is 0 Å². The Morgan fingerprint density at radius 2 is 1.75 bits per heavy atom. The van der Waals surface area contributed by atoms with Crippen molar-refractivity contribution < 1.29 is 23.5 Å². The van der Waals surface area contributed by atoms with Gasteiger partial charge in [0.05, 0.1) is 27.6 Å². The number of esters is 2. The molecule has 1 rings (SSSR count). The van der Waals surface area contributed by atoms with E-state index in [2.05, 4.69) is 0 Å².